The highest BCUT2D eigenvalue weighted by Gasteiger charge is 2.32. The second-order valence-corrected chi connectivity index (χ2v) is 6.21. The van der Waals surface area contributed by atoms with Crippen LogP contribution in [0.2, 0.25) is 5.02 Å². The number of esters is 2. The largest absolute Gasteiger partial charge is 0.466 e. The van der Waals surface area contributed by atoms with Crippen molar-refractivity contribution in [3.63, 3.8) is 0 Å². The first-order valence-corrected chi connectivity index (χ1v) is 8.62. The van der Waals surface area contributed by atoms with E-state index < -0.39 is 11.9 Å². The molecule has 0 saturated heterocycles. The number of halogens is 1. The second-order valence-electron chi connectivity index (χ2n) is 5.80. The Labute approximate surface area is 165 Å². The molecule has 0 spiro atoms. The third-order valence-electron chi connectivity index (χ3n) is 4.18. The van der Waals surface area contributed by atoms with Gasteiger partial charge in [-0.15, -0.1) is 0 Å². The lowest BCUT2D eigenvalue weighted by atomic mass is 10.1. The summed E-state index contributed by atoms with van der Waals surface area (Å²) in [7, 11) is 2.45. The summed E-state index contributed by atoms with van der Waals surface area (Å²) in [6.07, 6.45) is 0. The smallest absolute Gasteiger partial charge is 0.355 e. The molecule has 0 radical (unpaired) electrons. The van der Waals surface area contributed by atoms with Crippen LogP contribution in [0.1, 0.15) is 5.76 Å². The Bertz CT molecular complexity index is 934. The molecule has 9 heteroatoms. The summed E-state index contributed by atoms with van der Waals surface area (Å²) >= 11 is 6.41. The molecule has 0 amide bonds. The fourth-order valence-corrected chi connectivity index (χ4v) is 3.09. The standard InChI is InChI=1S/C19H18ClNO7/c1-25-18(23)14-9-27-10-21(17(14)19(24)26-2)11-3-5-13(15(20)7-11)16-6-4-12(8-22)28-16/h3-7,22H,8-10H2,1-2H3. The molecule has 0 atom stereocenters. The van der Waals surface area contributed by atoms with Crippen LogP contribution >= 0.6 is 11.6 Å². The third kappa shape index (κ3) is 3.75. The molecule has 2 aromatic rings. The predicted molar refractivity (Wildman–Crippen MR) is 99.4 cm³/mol. The molecule has 0 saturated carbocycles. The third-order valence-corrected chi connectivity index (χ3v) is 4.49. The highest BCUT2D eigenvalue weighted by Crippen LogP contribution is 2.35. The average Bonchev–Trinajstić information content (AvgIpc) is 3.20. The van der Waals surface area contributed by atoms with E-state index in [4.69, 9.17) is 35.3 Å². The number of aliphatic hydroxyl groups excluding tert-OH is 1. The maximum Gasteiger partial charge on any atom is 0.355 e. The molecule has 1 aliphatic rings. The molecule has 1 aromatic carbocycles. The monoisotopic (exact) mass is 407 g/mol. The number of carbonyl (C=O) groups is 2. The van der Waals surface area contributed by atoms with Gasteiger partial charge in [-0.2, -0.15) is 0 Å². The van der Waals surface area contributed by atoms with Crippen LogP contribution in [0.5, 0.6) is 0 Å². The van der Waals surface area contributed by atoms with E-state index in [2.05, 4.69) is 0 Å². The topological polar surface area (TPSA) is 98.4 Å². The zero-order valence-electron chi connectivity index (χ0n) is 15.2. The Morgan fingerprint density at radius 2 is 1.93 bits per heavy atom. The lowest BCUT2D eigenvalue weighted by Crippen LogP contribution is -2.38. The first-order valence-electron chi connectivity index (χ1n) is 8.24. The van der Waals surface area contributed by atoms with Crippen LogP contribution in [0, 0.1) is 0 Å². The van der Waals surface area contributed by atoms with Crippen LogP contribution in [0.25, 0.3) is 11.3 Å². The molecular formula is C19H18ClNO7. The molecule has 28 heavy (non-hydrogen) atoms. The molecule has 0 fully saturated rings. The van der Waals surface area contributed by atoms with Crippen LogP contribution in [0.3, 0.4) is 0 Å². The lowest BCUT2D eigenvalue weighted by Gasteiger charge is -2.31. The number of hydrogen-bond acceptors (Lipinski definition) is 8. The van der Waals surface area contributed by atoms with E-state index in [0.29, 0.717) is 27.8 Å². The van der Waals surface area contributed by atoms with Crippen molar-refractivity contribution in [2.45, 2.75) is 6.61 Å². The molecule has 8 nitrogen and oxygen atoms in total. The normalized spacial score (nSPS) is 14.2. The molecule has 0 aliphatic carbocycles. The Morgan fingerprint density at radius 3 is 2.54 bits per heavy atom. The summed E-state index contributed by atoms with van der Waals surface area (Å²) in [5.41, 5.74) is 1.22. The van der Waals surface area contributed by atoms with E-state index in [1.54, 1.807) is 30.3 Å². The molecule has 148 valence electrons. The number of rotatable bonds is 5. The van der Waals surface area contributed by atoms with Gasteiger partial charge in [0.15, 0.2) is 0 Å². The van der Waals surface area contributed by atoms with Gasteiger partial charge in [0.1, 0.15) is 30.6 Å². The number of nitrogens with zero attached hydrogens (tertiary/aromatic N) is 1. The lowest BCUT2D eigenvalue weighted by molar-refractivity contribution is -0.140. The number of hydrogen-bond donors (Lipinski definition) is 1. The van der Waals surface area contributed by atoms with E-state index >= 15 is 0 Å². The Morgan fingerprint density at radius 1 is 1.18 bits per heavy atom. The SMILES string of the molecule is COC(=O)C1=C(C(=O)OC)N(c2ccc(-c3ccc(CO)o3)c(Cl)c2)COC1. The molecule has 1 aliphatic heterocycles. The minimum absolute atomic E-state index is 0.0238. The van der Waals surface area contributed by atoms with Gasteiger partial charge in [0.2, 0.25) is 0 Å². The second kappa shape index (κ2) is 8.47. The predicted octanol–water partition coefficient (Wildman–Crippen LogP) is 2.49. The molecule has 3 rings (SSSR count). The van der Waals surface area contributed by atoms with Crippen molar-refractivity contribution < 1.29 is 33.3 Å². The van der Waals surface area contributed by atoms with Gasteiger partial charge in [0.05, 0.1) is 31.4 Å². The number of furan rings is 1. The van der Waals surface area contributed by atoms with Crippen molar-refractivity contribution in [2.75, 3.05) is 32.5 Å². The summed E-state index contributed by atoms with van der Waals surface area (Å²) in [4.78, 5) is 25.9. The average molecular weight is 408 g/mol. The molecule has 1 N–H and O–H groups in total. The molecule has 0 bridgehead atoms. The Hall–Kier alpha value is -2.81. The van der Waals surface area contributed by atoms with Gasteiger partial charge in [-0.3, -0.25) is 0 Å². The van der Waals surface area contributed by atoms with E-state index in [9.17, 15) is 9.59 Å². The van der Waals surface area contributed by atoms with E-state index in [1.807, 2.05) is 0 Å². The minimum atomic E-state index is -0.692. The van der Waals surface area contributed by atoms with Gasteiger partial charge >= 0.3 is 11.9 Å². The van der Waals surface area contributed by atoms with Gasteiger partial charge < -0.3 is 28.6 Å². The fraction of sp³-hybridized carbons (Fsp3) is 0.263. The first-order chi connectivity index (χ1) is 13.5. The number of anilines is 1. The van der Waals surface area contributed by atoms with Gasteiger partial charge in [-0.1, -0.05) is 11.6 Å². The number of benzene rings is 1. The summed E-state index contributed by atoms with van der Waals surface area (Å²) in [6.45, 7) is -0.268. The number of aliphatic hydroxyl groups is 1. The Balaban J connectivity index is 2.02. The molecular weight excluding hydrogens is 390 g/mol. The van der Waals surface area contributed by atoms with Gasteiger partial charge in [-0.05, 0) is 30.3 Å². The van der Waals surface area contributed by atoms with Crippen LogP contribution in [-0.2, 0) is 30.4 Å². The van der Waals surface area contributed by atoms with Crippen molar-refractivity contribution in [1.29, 1.82) is 0 Å². The van der Waals surface area contributed by atoms with Crippen molar-refractivity contribution in [3.05, 3.63) is 52.4 Å². The van der Waals surface area contributed by atoms with E-state index in [-0.39, 0.29) is 31.2 Å². The quantitative estimate of drug-likeness (QED) is 0.755. The highest BCUT2D eigenvalue weighted by atomic mass is 35.5. The van der Waals surface area contributed by atoms with Crippen LogP contribution < -0.4 is 4.90 Å². The molecule has 0 unspecified atom stereocenters. The summed E-state index contributed by atoms with van der Waals surface area (Å²) in [6, 6.07) is 8.38. The number of ether oxygens (including phenoxy) is 3. The first kappa shape index (κ1) is 19.9. The van der Waals surface area contributed by atoms with Crippen molar-refractivity contribution >= 4 is 29.2 Å². The fourth-order valence-electron chi connectivity index (χ4n) is 2.83. The number of methoxy groups -OCH3 is 2. The Kier molecular flexibility index (Phi) is 6.03. The van der Waals surface area contributed by atoms with Crippen LogP contribution in [0.4, 0.5) is 5.69 Å². The van der Waals surface area contributed by atoms with Gasteiger partial charge in [-0.25, -0.2) is 9.59 Å². The number of carbonyl (C=O) groups excluding carboxylic acids is 2. The molecule has 2 heterocycles. The highest BCUT2D eigenvalue weighted by molar-refractivity contribution is 6.33. The van der Waals surface area contributed by atoms with Crippen molar-refractivity contribution in [1.82, 2.24) is 0 Å². The summed E-state index contributed by atoms with van der Waals surface area (Å²) in [5, 5.41) is 9.49. The zero-order valence-corrected chi connectivity index (χ0v) is 16.0. The zero-order chi connectivity index (χ0) is 20.3. The molecule has 1 aromatic heterocycles. The van der Waals surface area contributed by atoms with Gasteiger partial charge in [0, 0.05) is 11.3 Å². The minimum Gasteiger partial charge on any atom is -0.466 e. The summed E-state index contributed by atoms with van der Waals surface area (Å²) < 4.78 is 20.5. The van der Waals surface area contributed by atoms with Crippen molar-refractivity contribution in [3.8, 4) is 11.3 Å². The van der Waals surface area contributed by atoms with E-state index in [1.165, 1.54) is 19.1 Å². The van der Waals surface area contributed by atoms with Gasteiger partial charge in [0.25, 0.3) is 0 Å². The van der Waals surface area contributed by atoms with Crippen LogP contribution in [-0.4, -0.2) is 44.6 Å². The van der Waals surface area contributed by atoms with E-state index in [0.717, 1.165) is 0 Å². The summed E-state index contributed by atoms with van der Waals surface area (Å²) in [5.74, 6) is -0.463. The maximum absolute atomic E-state index is 12.3. The van der Waals surface area contributed by atoms with Crippen LogP contribution in [0.15, 0.2) is 46.0 Å². The van der Waals surface area contributed by atoms with Crippen molar-refractivity contribution in [2.24, 2.45) is 0 Å². The maximum atomic E-state index is 12.3.